The van der Waals surface area contributed by atoms with Gasteiger partial charge in [-0.3, -0.25) is 0 Å². The van der Waals surface area contributed by atoms with Gasteiger partial charge >= 0.3 is 40.5 Å². The van der Waals surface area contributed by atoms with Crippen molar-refractivity contribution >= 4 is 7.82 Å². The Kier molecular flexibility index (Phi) is 16.3. The van der Waals surface area contributed by atoms with Crippen molar-refractivity contribution in [2.45, 2.75) is 0 Å². The van der Waals surface area contributed by atoms with Crippen LogP contribution < -0.4 is 9.79 Å². The van der Waals surface area contributed by atoms with Crippen molar-refractivity contribution in [2.24, 2.45) is 0 Å². The van der Waals surface area contributed by atoms with Crippen molar-refractivity contribution in [2.75, 3.05) is 0 Å². The van der Waals surface area contributed by atoms with Gasteiger partial charge in [-0.2, -0.15) is 0 Å². The third-order valence-electron chi connectivity index (χ3n) is 0. The van der Waals surface area contributed by atoms with Crippen LogP contribution in [0.1, 0.15) is 0 Å². The van der Waals surface area contributed by atoms with E-state index >= 15 is 0 Å². The van der Waals surface area contributed by atoms with Gasteiger partial charge in [-0.25, -0.2) is 0 Å². The minimum absolute atomic E-state index is 0. The molecule has 0 aliphatic rings. The fourth-order valence-corrected chi connectivity index (χ4v) is 0. The van der Waals surface area contributed by atoms with E-state index in [1.54, 1.807) is 0 Å². The molecule has 43 valence electrons. The van der Waals surface area contributed by atoms with Gasteiger partial charge in [0, 0.05) is 0 Å². The van der Waals surface area contributed by atoms with Crippen molar-refractivity contribution in [1.82, 2.24) is 0 Å². The van der Waals surface area contributed by atoms with Crippen LogP contribution in [-0.2, 0) is 45.1 Å². The molecule has 0 amide bonds. The molecule has 0 heterocycles. The fraction of sp³-hybridized carbons (Fsp3) is 0. The minimum atomic E-state index is -5.14. The quantitative estimate of drug-likeness (QED) is 0.370. The molecule has 0 radical (unpaired) electrons. The van der Waals surface area contributed by atoms with Gasteiger partial charge < -0.3 is 19.2 Å². The maximum absolute atomic E-state index is 8.66. The van der Waals surface area contributed by atoms with Crippen LogP contribution in [-0.4, -0.2) is 4.89 Å². The minimum Gasteiger partial charge on any atom is 2.00 e. The Morgan fingerprint density at radius 3 is 1.38 bits per heavy atom. The molecule has 0 bridgehead atoms. The van der Waals surface area contributed by atoms with Crippen LogP contribution in [0, 0.1) is 0 Å². The molecule has 0 aromatic heterocycles. The SMILES string of the molecule is O=P([O-])([O-])O.[O]=[V].[Zn+2]. The molecule has 0 aliphatic carbocycles. The van der Waals surface area contributed by atoms with Gasteiger partial charge in [-0.1, -0.05) is 0 Å². The van der Waals surface area contributed by atoms with Crippen LogP contribution >= 0.6 is 7.82 Å². The molecule has 0 unspecified atom stereocenters. The third-order valence-corrected chi connectivity index (χ3v) is 0. The van der Waals surface area contributed by atoms with Crippen LogP contribution in [0.25, 0.3) is 0 Å². The van der Waals surface area contributed by atoms with E-state index in [0.29, 0.717) is 0 Å². The molecule has 0 fully saturated rings. The first kappa shape index (κ1) is 16.1. The van der Waals surface area contributed by atoms with Crippen LogP contribution in [0.5, 0.6) is 0 Å². The molecule has 5 nitrogen and oxygen atoms in total. The zero-order chi connectivity index (χ0) is 6.50. The fourth-order valence-electron chi connectivity index (χ4n) is 0. The van der Waals surface area contributed by atoms with E-state index in [0.717, 1.165) is 17.4 Å². The summed E-state index contributed by atoms with van der Waals surface area (Å²) in [7, 11) is -5.14. The Bertz CT molecular complexity index is 68.2. The summed E-state index contributed by atoms with van der Waals surface area (Å²) >= 11 is 1.06. The molecule has 0 saturated carbocycles. The average molecular weight is 228 g/mol. The molecule has 0 saturated heterocycles. The van der Waals surface area contributed by atoms with E-state index in [1.165, 1.54) is 0 Å². The summed E-state index contributed by atoms with van der Waals surface area (Å²) in [6.45, 7) is 0. The number of rotatable bonds is 0. The molecular formula is HO5PVZn. The molecule has 1 N–H and O–H groups in total. The molecule has 0 aromatic rings. The van der Waals surface area contributed by atoms with Crippen molar-refractivity contribution < 1.29 is 59.8 Å². The second-order valence-corrected chi connectivity index (χ2v) is 1.41. The smallest absolute Gasteiger partial charge is 2.00 e. The number of hydrogen-bond donors (Lipinski definition) is 1. The van der Waals surface area contributed by atoms with Gasteiger partial charge in [0.2, 0.25) is 0 Å². The molecule has 8 heavy (non-hydrogen) atoms. The molecular weight excluding hydrogens is 227 g/mol. The summed E-state index contributed by atoms with van der Waals surface area (Å²) < 4.78 is 16.8. The van der Waals surface area contributed by atoms with Crippen molar-refractivity contribution in [1.29, 1.82) is 0 Å². The topological polar surface area (TPSA) is 100 Å². The van der Waals surface area contributed by atoms with E-state index in [9.17, 15) is 0 Å². The number of phosphoric acid groups is 1. The van der Waals surface area contributed by atoms with Crippen LogP contribution in [0.4, 0.5) is 0 Å². The van der Waals surface area contributed by atoms with Gasteiger partial charge in [0.05, 0.1) is 7.82 Å². The van der Waals surface area contributed by atoms with Crippen LogP contribution in [0.15, 0.2) is 0 Å². The van der Waals surface area contributed by atoms with E-state index in [2.05, 4.69) is 0 Å². The maximum atomic E-state index is 8.66. The Morgan fingerprint density at radius 2 is 1.38 bits per heavy atom. The van der Waals surface area contributed by atoms with Crippen LogP contribution in [0.2, 0.25) is 0 Å². The predicted octanol–water partition coefficient (Wildman–Crippen LogP) is -2.32. The number of hydrogen-bond acceptors (Lipinski definition) is 4. The first-order chi connectivity index (χ1) is 3.00. The van der Waals surface area contributed by atoms with Gasteiger partial charge in [0.1, 0.15) is 0 Å². The van der Waals surface area contributed by atoms with E-state index in [1.807, 2.05) is 0 Å². The summed E-state index contributed by atoms with van der Waals surface area (Å²) in [5.41, 5.74) is 0. The van der Waals surface area contributed by atoms with E-state index in [-0.39, 0.29) is 19.5 Å². The second kappa shape index (κ2) is 8.12. The van der Waals surface area contributed by atoms with Gasteiger partial charge in [-0.05, 0) is 0 Å². The molecule has 8 heteroatoms. The molecule has 0 aliphatic heterocycles. The van der Waals surface area contributed by atoms with Gasteiger partial charge in [-0.15, -0.1) is 0 Å². The Morgan fingerprint density at radius 1 is 1.38 bits per heavy atom. The van der Waals surface area contributed by atoms with E-state index in [4.69, 9.17) is 22.9 Å². The molecule has 0 spiro atoms. The largest absolute Gasteiger partial charge is 2.00 e. The first-order valence-corrected chi connectivity index (χ1v) is 3.00. The molecule has 0 aromatic carbocycles. The van der Waals surface area contributed by atoms with E-state index < -0.39 is 7.82 Å². The normalized spacial score (nSPS) is 7.75. The Labute approximate surface area is 67.7 Å². The predicted molar refractivity (Wildman–Crippen MR) is 10.5 cm³/mol. The summed E-state index contributed by atoms with van der Waals surface area (Å²) in [6.07, 6.45) is 0. The average Bonchev–Trinajstić information content (AvgIpc) is 1.36. The second-order valence-electron chi connectivity index (χ2n) is 0.469. The third kappa shape index (κ3) is 213. The zero-order valence-corrected chi connectivity index (χ0v) is 8.94. The summed E-state index contributed by atoms with van der Waals surface area (Å²) in [5.74, 6) is 0. The first-order valence-electron chi connectivity index (χ1n) is 0.930. The Hall–Kier alpha value is 1.12. The van der Waals surface area contributed by atoms with Gasteiger partial charge in [0.15, 0.2) is 0 Å². The van der Waals surface area contributed by atoms with Gasteiger partial charge in [0.25, 0.3) is 0 Å². The van der Waals surface area contributed by atoms with Crippen molar-refractivity contribution in [3.8, 4) is 0 Å². The summed E-state index contributed by atoms with van der Waals surface area (Å²) in [6, 6.07) is 0. The molecule has 0 rings (SSSR count). The Balaban J connectivity index is -0.0000000750. The maximum Gasteiger partial charge on any atom is 2.00 e. The van der Waals surface area contributed by atoms with Crippen molar-refractivity contribution in [3.05, 3.63) is 0 Å². The standard InChI is InChI=1S/H3O4P.O.V.Zn/c1-5(2,3)4;;;/h(H3,1,2,3,4);;;/q;;;+2/p-2. The zero-order valence-electron chi connectivity index (χ0n) is 3.68. The van der Waals surface area contributed by atoms with Crippen LogP contribution in [0.3, 0.4) is 0 Å². The summed E-state index contributed by atoms with van der Waals surface area (Å²) in [5, 5.41) is 0. The monoisotopic (exact) mass is 227 g/mol. The van der Waals surface area contributed by atoms with Crippen molar-refractivity contribution in [3.63, 3.8) is 0 Å². The molecule has 0 atom stereocenters. The summed E-state index contributed by atoms with van der Waals surface area (Å²) in [4.78, 5) is 24.3.